The summed E-state index contributed by atoms with van der Waals surface area (Å²) >= 11 is 0. The van der Waals surface area contributed by atoms with E-state index in [1.807, 2.05) is 4.68 Å². The molecule has 1 heterocycles. The fourth-order valence-corrected chi connectivity index (χ4v) is 1.90. The van der Waals surface area contributed by atoms with Crippen molar-refractivity contribution < 1.29 is 4.79 Å². The zero-order valence-electron chi connectivity index (χ0n) is 9.89. The number of carbonyl (C=O) groups excluding carboxylic acids is 1. The number of nitrogens with zero attached hydrogens (tertiary/aromatic N) is 4. The summed E-state index contributed by atoms with van der Waals surface area (Å²) in [6, 6.07) is 0. The van der Waals surface area contributed by atoms with Crippen LogP contribution in [0, 0.1) is 0 Å². The van der Waals surface area contributed by atoms with Gasteiger partial charge in [0.15, 0.2) is 6.29 Å². The van der Waals surface area contributed by atoms with Crippen molar-refractivity contribution >= 4 is 6.29 Å². The summed E-state index contributed by atoms with van der Waals surface area (Å²) in [6.45, 7) is 1.88. The van der Waals surface area contributed by atoms with E-state index in [9.17, 15) is 4.79 Å². The normalized spacial score (nSPS) is 15.7. The predicted octanol–water partition coefficient (Wildman–Crippen LogP) is 0.920. The number of rotatable bonds is 6. The summed E-state index contributed by atoms with van der Waals surface area (Å²) in [5, 5.41) is 7.99. The Kier molecular flexibility index (Phi) is 3.33. The Morgan fingerprint density at radius 1 is 1.50 bits per heavy atom. The first-order valence-electron chi connectivity index (χ1n) is 5.75. The van der Waals surface area contributed by atoms with Crippen LogP contribution in [0.25, 0.3) is 0 Å². The van der Waals surface area contributed by atoms with Gasteiger partial charge >= 0.3 is 0 Å². The minimum Gasteiger partial charge on any atom is -0.309 e. The molecule has 16 heavy (non-hydrogen) atoms. The molecule has 1 aromatic heterocycles. The summed E-state index contributed by atoms with van der Waals surface area (Å²) < 4.78 is 1.91. The molecular weight excluding hydrogens is 204 g/mol. The lowest BCUT2D eigenvalue weighted by molar-refractivity contribution is 0.111. The second kappa shape index (κ2) is 4.74. The largest absolute Gasteiger partial charge is 0.309 e. The third-order valence-corrected chi connectivity index (χ3v) is 2.85. The highest BCUT2D eigenvalue weighted by Crippen LogP contribution is 2.40. The third-order valence-electron chi connectivity index (χ3n) is 2.85. The van der Waals surface area contributed by atoms with E-state index < -0.39 is 0 Å². The highest BCUT2D eigenvalue weighted by Gasteiger charge is 2.30. The predicted molar refractivity (Wildman–Crippen MR) is 60.6 cm³/mol. The minimum atomic E-state index is 0.523. The Morgan fingerprint density at radius 2 is 2.25 bits per heavy atom. The highest BCUT2D eigenvalue weighted by atomic mass is 16.1. The average molecular weight is 222 g/mol. The van der Waals surface area contributed by atoms with Gasteiger partial charge in [-0.15, -0.1) is 5.10 Å². The van der Waals surface area contributed by atoms with Crippen molar-refractivity contribution in [2.24, 2.45) is 0 Å². The molecule has 0 N–H and O–H groups in total. The minimum absolute atomic E-state index is 0.523. The van der Waals surface area contributed by atoms with E-state index in [-0.39, 0.29) is 0 Å². The van der Waals surface area contributed by atoms with Crippen LogP contribution < -0.4 is 0 Å². The van der Waals surface area contributed by atoms with Crippen molar-refractivity contribution in [3.8, 4) is 0 Å². The topological polar surface area (TPSA) is 51.0 Å². The maximum Gasteiger partial charge on any atom is 0.172 e. The van der Waals surface area contributed by atoms with Crippen LogP contribution in [0.15, 0.2) is 0 Å². The summed E-state index contributed by atoms with van der Waals surface area (Å²) in [4.78, 5) is 13.0. The molecule has 0 spiro atoms. The van der Waals surface area contributed by atoms with Gasteiger partial charge in [0.1, 0.15) is 5.69 Å². The number of aldehydes is 1. The van der Waals surface area contributed by atoms with Crippen molar-refractivity contribution in [1.82, 2.24) is 19.9 Å². The van der Waals surface area contributed by atoms with Crippen LogP contribution in [0.1, 0.15) is 41.4 Å². The Balaban J connectivity index is 2.02. The van der Waals surface area contributed by atoms with Gasteiger partial charge < -0.3 is 4.90 Å². The van der Waals surface area contributed by atoms with E-state index in [2.05, 4.69) is 29.3 Å². The van der Waals surface area contributed by atoms with Crippen LogP contribution in [0.4, 0.5) is 0 Å². The SMILES string of the molecule is CN(C)CCCn1nnc(C=O)c1C1CC1. The van der Waals surface area contributed by atoms with Gasteiger partial charge in [0.2, 0.25) is 0 Å². The molecule has 0 atom stereocenters. The lowest BCUT2D eigenvalue weighted by atomic mass is 10.2. The molecule has 0 bridgehead atoms. The maximum absolute atomic E-state index is 10.8. The summed E-state index contributed by atoms with van der Waals surface area (Å²) in [7, 11) is 4.11. The van der Waals surface area contributed by atoms with E-state index >= 15 is 0 Å². The third kappa shape index (κ3) is 2.47. The molecule has 0 radical (unpaired) electrons. The van der Waals surface area contributed by atoms with Crippen LogP contribution in [0.5, 0.6) is 0 Å². The van der Waals surface area contributed by atoms with E-state index in [1.54, 1.807) is 0 Å². The molecule has 5 heteroatoms. The summed E-state index contributed by atoms with van der Waals surface area (Å²) in [6.07, 6.45) is 4.20. The molecule has 1 aromatic rings. The van der Waals surface area contributed by atoms with Crippen molar-refractivity contribution in [2.75, 3.05) is 20.6 Å². The molecule has 1 aliphatic rings. The maximum atomic E-state index is 10.8. The van der Waals surface area contributed by atoms with E-state index in [4.69, 9.17) is 0 Å². The zero-order chi connectivity index (χ0) is 11.5. The number of carbonyl (C=O) groups is 1. The molecule has 0 unspecified atom stereocenters. The van der Waals surface area contributed by atoms with Gasteiger partial charge in [-0.05, 0) is 39.9 Å². The molecule has 0 aliphatic heterocycles. The second-order valence-electron chi connectivity index (χ2n) is 4.63. The zero-order valence-corrected chi connectivity index (χ0v) is 9.89. The van der Waals surface area contributed by atoms with Crippen LogP contribution in [0.2, 0.25) is 0 Å². The number of aromatic nitrogens is 3. The molecule has 1 aliphatic carbocycles. The number of aryl methyl sites for hydroxylation is 1. The van der Waals surface area contributed by atoms with Crippen molar-refractivity contribution in [3.63, 3.8) is 0 Å². The van der Waals surface area contributed by atoms with Crippen LogP contribution in [0.3, 0.4) is 0 Å². The van der Waals surface area contributed by atoms with Gasteiger partial charge in [0, 0.05) is 12.5 Å². The molecule has 1 saturated carbocycles. The van der Waals surface area contributed by atoms with Crippen LogP contribution in [-0.4, -0.2) is 46.8 Å². The first-order valence-corrected chi connectivity index (χ1v) is 5.75. The Labute approximate surface area is 95.4 Å². The lowest BCUT2D eigenvalue weighted by Gasteiger charge is -2.10. The standard InChI is InChI=1S/C11H18N4O/c1-14(2)6-3-7-15-11(9-4-5-9)10(8-16)12-13-15/h8-9H,3-7H2,1-2H3. The summed E-state index contributed by atoms with van der Waals surface area (Å²) in [5.74, 6) is 0.523. The Hall–Kier alpha value is -1.23. The van der Waals surface area contributed by atoms with Gasteiger partial charge in [0.05, 0.1) is 5.69 Å². The Morgan fingerprint density at radius 3 is 2.81 bits per heavy atom. The van der Waals surface area contributed by atoms with Gasteiger partial charge in [-0.3, -0.25) is 4.79 Å². The quantitative estimate of drug-likeness (QED) is 0.672. The van der Waals surface area contributed by atoms with Gasteiger partial charge in [-0.25, -0.2) is 4.68 Å². The van der Waals surface area contributed by atoms with Gasteiger partial charge in [-0.1, -0.05) is 5.21 Å². The van der Waals surface area contributed by atoms with Gasteiger partial charge in [-0.2, -0.15) is 0 Å². The molecule has 0 saturated heterocycles. The highest BCUT2D eigenvalue weighted by molar-refractivity contribution is 5.73. The number of hydrogen-bond acceptors (Lipinski definition) is 4. The van der Waals surface area contributed by atoms with Crippen molar-refractivity contribution in [2.45, 2.75) is 31.7 Å². The molecule has 0 aromatic carbocycles. The van der Waals surface area contributed by atoms with Gasteiger partial charge in [0.25, 0.3) is 0 Å². The fraction of sp³-hybridized carbons (Fsp3) is 0.727. The Bertz CT molecular complexity index is 368. The molecular formula is C11H18N4O. The smallest absolute Gasteiger partial charge is 0.172 e. The fourth-order valence-electron chi connectivity index (χ4n) is 1.90. The van der Waals surface area contributed by atoms with E-state index in [0.717, 1.165) is 31.5 Å². The van der Waals surface area contributed by atoms with Crippen molar-refractivity contribution in [3.05, 3.63) is 11.4 Å². The molecule has 88 valence electrons. The first kappa shape index (κ1) is 11.3. The van der Waals surface area contributed by atoms with Crippen LogP contribution >= 0.6 is 0 Å². The van der Waals surface area contributed by atoms with E-state index in [0.29, 0.717) is 11.6 Å². The summed E-state index contributed by atoms with van der Waals surface area (Å²) in [5.41, 5.74) is 1.58. The monoisotopic (exact) mass is 222 g/mol. The molecule has 2 rings (SSSR count). The van der Waals surface area contributed by atoms with Crippen LogP contribution in [-0.2, 0) is 6.54 Å². The second-order valence-corrected chi connectivity index (χ2v) is 4.63. The van der Waals surface area contributed by atoms with Crippen molar-refractivity contribution in [1.29, 1.82) is 0 Å². The first-order chi connectivity index (χ1) is 7.72. The molecule has 5 nitrogen and oxygen atoms in total. The van der Waals surface area contributed by atoms with E-state index in [1.165, 1.54) is 12.8 Å². The molecule has 0 amide bonds. The number of hydrogen-bond donors (Lipinski definition) is 0. The lowest BCUT2D eigenvalue weighted by Crippen LogP contribution is -2.16. The molecule has 1 fully saturated rings. The average Bonchev–Trinajstić information content (AvgIpc) is 3.00.